The number of nitrogens with two attached hydrogens (primary N) is 1. The van der Waals surface area contributed by atoms with Crippen LogP contribution < -0.4 is 11.2 Å². The van der Waals surface area contributed by atoms with Crippen LogP contribution in [0.25, 0.3) is 11.1 Å². The number of hydrogen-bond acceptors (Lipinski definition) is 3. The maximum atomic E-state index is 10.5. The summed E-state index contributed by atoms with van der Waals surface area (Å²) in [7, 11) is 0. The minimum Gasteiger partial charge on any atom is -0.350 e. The second kappa shape index (κ2) is 5.27. The summed E-state index contributed by atoms with van der Waals surface area (Å²) in [6, 6.07) is 11.3. The van der Waals surface area contributed by atoms with Crippen molar-refractivity contribution in [2.24, 2.45) is 10.8 Å². The molecule has 1 heterocycles. The van der Waals surface area contributed by atoms with Crippen molar-refractivity contribution in [1.82, 2.24) is 5.43 Å². The summed E-state index contributed by atoms with van der Waals surface area (Å²) in [5.74, 6) is 0. The van der Waals surface area contributed by atoms with Gasteiger partial charge in [-0.15, -0.1) is 11.3 Å². The second-order valence-corrected chi connectivity index (χ2v) is 4.25. The first-order valence-corrected chi connectivity index (χ1v) is 5.87. The number of thiophene rings is 1. The lowest BCUT2D eigenvalue weighted by atomic mass is 10.1. The summed E-state index contributed by atoms with van der Waals surface area (Å²) in [6.07, 6.45) is 1.60. The first-order chi connectivity index (χ1) is 8.27. The van der Waals surface area contributed by atoms with Gasteiger partial charge in [0, 0.05) is 5.56 Å². The van der Waals surface area contributed by atoms with Gasteiger partial charge in [-0.05, 0) is 17.0 Å². The lowest BCUT2D eigenvalue weighted by molar-refractivity contribution is 0.249. The number of hydrazone groups is 1. The SMILES string of the molecule is NC(=O)N/N=C\c1sccc1-c1ccccc1. The monoisotopic (exact) mass is 245 g/mol. The van der Waals surface area contributed by atoms with E-state index in [1.807, 2.05) is 41.8 Å². The summed E-state index contributed by atoms with van der Waals surface area (Å²) in [4.78, 5) is 11.5. The van der Waals surface area contributed by atoms with Crippen molar-refractivity contribution in [3.05, 3.63) is 46.7 Å². The van der Waals surface area contributed by atoms with Crippen molar-refractivity contribution in [2.45, 2.75) is 0 Å². The van der Waals surface area contributed by atoms with E-state index in [-0.39, 0.29) is 0 Å². The maximum absolute atomic E-state index is 10.5. The number of amides is 2. The van der Waals surface area contributed by atoms with Gasteiger partial charge >= 0.3 is 6.03 Å². The van der Waals surface area contributed by atoms with Gasteiger partial charge < -0.3 is 5.73 Å². The number of nitrogens with zero attached hydrogens (tertiary/aromatic N) is 1. The van der Waals surface area contributed by atoms with E-state index in [1.165, 1.54) is 0 Å². The highest BCUT2D eigenvalue weighted by atomic mass is 32.1. The van der Waals surface area contributed by atoms with Crippen LogP contribution in [0.3, 0.4) is 0 Å². The number of benzene rings is 1. The number of urea groups is 1. The molecule has 3 N–H and O–H groups in total. The predicted octanol–water partition coefficient (Wildman–Crippen LogP) is 2.42. The van der Waals surface area contributed by atoms with Crippen molar-refractivity contribution < 1.29 is 4.79 Å². The van der Waals surface area contributed by atoms with Gasteiger partial charge in [-0.25, -0.2) is 10.2 Å². The molecule has 0 unspecified atom stereocenters. The van der Waals surface area contributed by atoms with E-state index < -0.39 is 6.03 Å². The molecule has 0 atom stereocenters. The van der Waals surface area contributed by atoms with Gasteiger partial charge in [-0.2, -0.15) is 5.10 Å². The minimum atomic E-state index is -0.668. The Bertz CT molecular complexity index is 534. The van der Waals surface area contributed by atoms with E-state index in [9.17, 15) is 4.79 Å². The fourth-order valence-corrected chi connectivity index (χ4v) is 2.21. The van der Waals surface area contributed by atoms with Crippen LogP contribution in [0.2, 0.25) is 0 Å². The van der Waals surface area contributed by atoms with Gasteiger partial charge in [0.1, 0.15) is 0 Å². The quantitative estimate of drug-likeness (QED) is 0.633. The molecule has 0 spiro atoms. The number of hydrogen-bond donors (Lipinski definition) is 2. The Hall–Kier alpha value is -2.14. The Kier molecular flexibility index (Phi) is 3.52. The van der Waals surface area contributed by atoms with Gasteiger partial charge in [-0.1, -0.05) is 30.3 Å². The summed E-state index contributed by atoms with van der Waals surface area (Å²) < 4.78 is 0. The molecular formula is C12H11N3OS. The van der Waals surface area contributed by atoms with Crippen LogP contribution in [0.1, 0.15) is 4.88 Å². The molecule has 2 rings (SSSR count). The molecule has 5 heteroatoms. The van der Waals surface area contributed by atoms with Gasteiger partial charge in [0.15, 0.2) is 0 Å². The topological polar surface area (TPSA) is 67.5 Å². The highest BCUT2D eigenvalue weighted by Crippen LogP contribution is 2.26. The summed E-state index contributed by atoms with van der Waals surface area (Å²) >= 11 is 1.55. The lowest BCUT2D eigenvalue weighted by Crippen LogP contribution is -2.24. The first kappa shape index (κ1) is 11.3. The van der Waals surface area contributed by atoms with E-state index >= 15 is 0 Å². The fourth-order valence-electron chi connectivity index (χ4n) is 1.43. The van der Waals surface area contributed by atoms with E-state index in [0.29, 0.717) is 0 Å². The highest BCUT2D eigenvalue weighted by molar-refractivity contribution is 7.12. The summed E-state index contributed by atoms with van der Waals surface area (Å²) in [5, 5.41) is 5.74. The molecule has 0 aliphatic heterocycles. The molecule has 0 fully saturated rings. The van der Waals surface area contributed by atoms with E-state index in [2.05, 4.69) is 10.5 Å². The molecule has 17 heavy (non-hydrogen) atoms. The summed E-state index contributed by atoms with van der Waals surface area (Å²) in [5.41, 5.74) is 9.31. The first-order valence-electron chi connectivity index (χ1n) is 4.99. The number of carbonyl (C=O) groups excluding carboxylic acids is 1. The van der Waals surface area contributed by atoms with Crippen LogP contribution in [-0.2, 0) is 0 Å². The zero-order valence-corrected chi connectivity index (χ0v) is 9.78. The van der Waals surface area contributed by atoms with Crippen molar-refractivity contribution >= 4 is 23.6 Å². The molecule has 86 valence electrons. The van der Waals surface area contributed by atoms with E-state index in [1.54, 1.807) is 17.6 Å². The maximum Gasteiger partial charge on any atom is 0.332 e. The Balaban J connectivity index is 2.23. The van der Waals surface area contributed by atoms with Crippen LogP contribution in [-0.4, -0.2) is 12.2 Å². The van der Waals surface area contributed by atoms with Crippen LogP contribution in [0.15, 0.2) is 46.9 Å². The molecule has 1 aromatic heterocycles. The van der Waals surface area contributed by atoms with Gasteiger partial charge in [-0.3, -0.25) is 0 Å². The lowest BCUT2D eigenvalue weighted by Gasteiger charge is -1.99. The number of nitrogens with one attached hydrogen (secondary N) is 1. The summed E-state index contributed by atoms with van der Waals surface area (Å²) in [6.45, 7) is 0. The van der Waals surface area contributed by atoms with Gasteiger partial charge in [0.05, 0.1) is 11.1 Å². The van der Waals surface area contributed by atoms with Gasteiger partial charge in [0.25, 0.3) is 0 Å². The average molecular weight is 245 g/mol. The van der Waals surface area contributed by atoms with Crippen molar-refractivity contribution in [3.63, 3.8) is 0 Å². The predicted molar refractivity (Wildman–Crippen MR) is 70.1 cm³/mol. The van der Waals surface area contributed by atoms with Crippen LogP contribution in [0.4, 0.5) is 4.79 Å². The Labute approximate surface area is 103 Å². The van der Waals surface area contributed by atoms with E-state index in [0.717, 1.165) is 16.0 Å². The van der Waals surface area contributed by atoms with Crippen molar-refractivity contribution in [2.75, 3.05) is 0 Å². The number of carbonyl (C=O) groups is 1. The molecular weight excluding hydrogens is 234 g/mol. The molecule has 1 aromatic carbocycles. The third-order valence-corrected chi connectivity index (χ3v) is 2.99. The Morgan fingerprint density at radius 1 is 1.29 bits per heavy atom. The van der Waals surface area contributed by atoms with E-state index in [4.69, 9.17) is 5.73 Å². The fraction of sp³-hybridized carbons (Fsp3) is 0. The van der Waals surface area contributed by atoms with Gasteiger partial charge in [0.2, 0.25) is 0 Å². The second-order valence-electron chi connectivity index (χ2n) is 3.30. The molecule has 0 bridgehead atoms. The molecule has 0 saturated heterocycles. The molecule has 0 aliphatic rings. The van der Waals surface area contributed by atoms with Crippen molar-refractivity contribution in [3.8, 4) is 11.1 Å². The Morgan fingerprint density at radius 3 is 2.76 bits per heavy atom. The number of primary amides is 1. The third kappa shape index (κ3) is 2.92. The normalized spacial score (nSPS) is 10.6. The molecule has 2 aromatic rings. The molecule has 0 saturated carbocycles. The largest absolute Gasteiger partial charge is 0.350 e. The molecule has 0 aliphatic carbocycles. The van der Waals surface area contributed by atoms with Crippen LogP contribution in [0.5, 0.6) is 0 Å². The average Bonchev–Trinajstić information content (AvgIpc) is 2.78. The van der Waals surface area contributed by atoms with Crippen molar-refractivity contribution in [1.29, 1.82) is 0 Å². The van der Waals surface area contributed by atoms with Crippen LogP contribution >= 0.6 is 11.3 Å². The molecule has 2 amide bonds. The standard InChI is InChI=1S/C12H11N3OS/c13-12(16)15-14-8-11-10(6-7-17-11)9-4-2-1-3-5-9/h1-8H,(H3,13,15,16)/b14-8-. The smallest absolute Gasteiger partial charge is 0.332 e. The Morgan fingerprint density at radius 2 is 2.06 bits per heavy atom. The highest BCUT2D eigenvalue weighted by Gasteiger charge is 2.03. The number of rotatable bonds is 3. The molecule has 4 nitrogen and oxygen atoms in total. The minimum absolute atomic E-state index is 0.668. The zero-order chi connectivity index (χ0) is 12.1. The third-order valence-electron chi connectivity index (χ3n) is 2.14. The van der Waals surface area contributed by atoms with Crippen LogP contribution in [0, 0.1) is 0 Å². The zero-order valence-electron chi connectivity index (χ0n) is 8.96. The molecule has 0 radical (unpaired) electrons.